The van der Waals surface area contributed by atoms with E-state index >= 15 is 0 Å². The number of pyridine rings is 1. The van der Waals surface area contributed by atoms with Gasteiger partial charge in [0.2, 0.25) is 0 Å². The van der Waals surface area contributed by atoms with Crippen molar-refractivity contribution < 1.29 is 4.79 Å². The van der Waals surface area contributed by atoms with Crippen LogP contribution in [0, 0.1) is 0 Å². The fourth-order valence-electron chi connectivity index (χ4n) is 4.23. The van der Waals surface area contributed by atoms with Crippen molar-refractivity contribution in [1.29, 1.82) is 0 Å². The third-order valence-corrected chi connectivity index (χ3v) is 5.88. The smallest absolute Gasteiger partial charge is 0.256 e. The summed E-state index contributed by atoms with van der Waals surface area (Å²) in [6.45, 7) is 2.69. The fraction of sp³-hybridized carbons (Fsp3) is 0.318. The van der Waals surface area contributed by atoms with Crippen LogP contribution in [0.15, 0.2) is 55.2 Å². The average Bonchev–Trinajstić information content (AvgIpc) is 3.45. The van der Waals surface area contributed by atoms with Crippen molar-refractivity contribution in [2.24, 2.45) is 7.05 Å². The summed E-state index contributed by atoms with van der Waals surface area (Å²) >= 11 is 0. The molecule has 9 nitrogen and oxygen atoms in total. The number of nitrogens with zero attached hydrogens (tertiary/aromatic N) is 7. The van der Waals surface area contributed by atoms with Gasteiger partial charge in [-0.3, -0.25) is 4.79 Å². The lowest BCUT2D eigenvalue weighted by molar-refractivity contribution is 0.0621. The number of nitrogens with one attached hydrogen (secondary N) is 1. The fourth-order valence-corrected chi connectivity index (χ4v) is 4.23. The minimum atomic E-state index is -0.0152. The Morgan fingerprint density at radius 3 is 2.71 bits per heavy atom. The van der Waals surface area contributed by atoms with Crippen LogP contribution >= 0.6 is 0 Å². The molecule has 0 bridgehead atoms. The number of fused-ring (bicyclic) bond motifs is 1. The summed E-state index contributed by atoms with van der Waals surface area (Å²) in [5.41, 5.74) is 3.14. The molecule has 0 aliphatic carbocycles. The highest BCUT2D eigenvalue weighted by atomic mass is 16.2. The largest absolute Gasteiger partial charge is 0.364 e. The zero-order valence-electron chi connectivity index (χ0n) is 17.5. The molecule has 0 saturated carbocycles. The number of rotatable bonds is 4. The number of carbonyl (C=O) groups excluding carboxylic acids is 1. The van der Waals surface area contributed by atoms with Gasteiger partial charge in [0.05, 0.1) is 35.5 Å². The van der Waals surface area contributed by atoms with Crippen molar-refractivity contribution in [3.8, 4) is 5.69 Å². The number of aromatic nitrogens is 6. The molecule has 4 heterocycles. The molecule has 0 unspecified atom stereocenters. The van der Waals surface area contributed by atoms with E-state index < -0.39 is 0 Å². The van der Waals surface area contributed by atoms with Gasteiger partial charge in [0, 0.05) is 31.9 Å². The SMILES string of the molecule is C[C@@H]1CC[C@@H](Nc2nccc3ncn(C)c23)CN1C(=O)c1ccccc1-n1nccn1. The van der Waals surface area contributed by atoms with Crippen molar-refractivity contribution in [2.45, 2.75) is 31.8 Å². The van der Waals surface area contributed by atoms with Gasteiger partial charge < -0.3 is 14.8 Å². The number of para-hydroxylation sites is 1. The number of aryl methyl sites for hydroxylation is 1. The second-order valence-electron chi connectivity index (χ2n) is 7.94. The first-order valence-corrected chi connectivity index (χ1v) is 10.4. The van der Waals surface area contributed by atoms with E-state index in [1.165, 1.54) is 4.80 Å². The molecule has 1 N–H and O–H groups in total. The number of benzene rings is 1. The van der Waals surface area contributed by atoms with E-state index in [1.807, 2.05) is 46.8 Å². The van der Waals surface area contributed by atoms with Gasteiger partial charge in [-0.05, 0) is 38.0 Å². The van der Waals surface area contributed by atoms with E-state index in [2.05, 4.69) is 32.4 Å². The van der Waals surface area contributed by atoms with E-state index in [0.29, 0.717) is 17.8 Å². The number of carbonyl (C=O) groups is 1. The quantitative estimate of drug-likeness (QED) is 0.550. The summed E-state index contributed by atoms with van der Waals surface area (Å²) in [7, 11) is 1.96. The number of hydrogen-bond donors (Lipinski definition) is 1. The van der Waals surface area contributed by atoms with E-state index in [-0.39, 0.29) is 18.0 Å². The van der Waals surface area contributed by atoms with Crippen molar-refractivity contribution in [1.82, 2.24) is 34.4 Å². The third kappa shape index (κ3) is 3.52. The van der Waals surface area contributed by atoms with Gasteiger partial charge in [-0.25, -0.2) is 9.97 Å². The zero-order valence-corrected chi connectivity index (χ0v) is 17.5. The standard InChI is InChI=1S/C22H24N8O/c1-15-7-8-16(27-21-20-18(9-10-23-21)24-14-28(20)2)13-29(15)22(31)17-5-3-4-6-19(17)30-25-11-12-26-30/h3-6,9-12,14-16H,7-8,13H2,1-2H3,(H,23,27)/t15-,16-/m1/s1. The second-order valence-corrected chi connectivity index (χ2v) is 7.94. The monoisotopic (exact) mass is 416 g/mol. The zero-order chi connectivity index (χ0) is 21.4. The highest BCUT2D eigenvalue weighted by Gasteiger charge is 2.31. The average molecular weight is 416 g/mol. The van der Waals surface area contributed by atoms with Gasteiger partial charge in [-0.15, -0.1) is 0 Å². The van der Waals surface area contributed by atoms with Gasteiger partial charge in [-0.2, -0.15) is 15.0 Å². The summed E-state index contributed by atoms with van der Waals surface area (Å²) in [5.74, 6) is 0.782. The first-order valence-electron chi connectivity index (χ1n) is 10.4. The molecule has 9 heteroatoms. The Hall–Kier alpha value is -3.75. The molecule has 31 heavy (non-hydrogen) atoms. The van der Waals surface area contributed by atoms with Crippen LogP contribution in [0.5, 0.6) is 0 Å². The number of piperidine rings is 1. The first-order chi connectivity index (χ1) is 15.1. The summed E-state index contributed by atoms with van der Waals surface area (Å²) in [5, 5.41) is 12.0. The summed E-state index contributed by atoms with van der Waals surface area (Å²) < 4.78 is 1.96. The minimum absolute atomic E-state index is 0.0152. The Balaban J connectivity index is 1.40. The molecule has 0 spiro atoms. The molecule has 1 aromatic carbocycles. The number of hydrogen-bond acceptors (Lipinski definition) is 6. The Labute approximate surface area is 179 Å². The highest BCUT2D eigenvalue weighted by molar-refractivity contribution is 5.98. The van der Waals surface area contributed by atoms with Gasteiger partial charge in [0.15, 0.2) is 5.82 Å². The molecule has 4 aromatic rings. The van der Waals surface area contributed by atoms with Crippen molar-refractivity contribution in [3.63, 3.8) is 0 Å². The molecule has 1 amide bonds. The number of imidazole rings is 1. The molecule has 1 aliphatic rings. The van der Waals surface area contributed by atoms with Gasteiger partial charge in [-0.1, -0.05) is 12.1 Å². The van der Waals surface area contributed by atoms with Crippen LogP contribution in [0.2, 0.25) is 0 Å². The number of likely N-dealkylation sites (tertiary alicyclic amines) is 1. The summed E-state index contributed by atoms with van der Waals surface area (Å²) in [6.07, 6.45) is 8.64. The maximum absolute atomic E-state index is 13.5. The summed E-state index contributed by atoms with van der Waals surface area (Å²) in [6, 6.07) is 9.61. The third-order valence-electron chi connectivity index (χ3n) is 5.88. The molecular formula is C22H24N8O. The predicted molar refractivity (Wildman–Crippen MR) is 117 cm³/mol. The number of anilines is 1. The van der Waals surface area contributed by atoms with Crippen molar-refractivity contribution in [2.75, 3.05) is 11.9 Å². The Kier molecular flexibility index (Phi) is 4.85. The lowest BCUT2D eigenvalue weighted by atomic mass is 9.97. The van der Waals surface area contributed by atoms with Crippen LogP contribution in [0.1, 0.15) is 30.1 Å². The van der Waals surface area contributed by atoms with E-state index in [9.17, 15) is 4.79 Å². The van der Waals surface area contributed by atoms with Crippen LogP contribution in [0.4, 0.5) is 5.82 Å². The molecule has 1 fully saturated rings. The molecule has 5 rings (SSSR count). The molecule has 2 atom stereocenters. The second kappa shape index (κ2) is 7.82. The van der Waals surface area contributed by atoms with Gasteiger partial charge >= 0.3 is 0 Å². The van der Waals surface area contributed by atoms with Crippen LogP contribution in [-0.2, 0) is 7.05 Å². The van der Waals surface area contributed by atoms with Crippen molar-refractivity contribution in [3.05, 3.63) is 60.8 Å². The molecule has 1 saturated heterocycles. The lowest BCUT2D eigenvalue weighted by Crippen LogP contribution is -2.50. The Morgan fingerprint density at radius 2 is 1.87 bits per heavy atom. The predicted octanol–water partition coefficient (Wildman–Crippen LogP) is 2.65. The van der Waals surface area contributed by atoms with Gasteiger partial charge in [0.1, 0.15) is 5.52 Å². The molecule has 1 aliphatic heterocycles. The summed E-state index contributed by atoms with van der Waals surface area (Å²) in [4.78, 5) is 25.9. The van der Waals surface area contributed by atoms with Gasteiger partial charge in [0.25, 0.3) is 5.91 Å². The van der Waals surface area contributed by atoms with Crippen LogP contribution < -0.4 is 5.32 Å². The minimum Gasteiger partial charge on any atom is -0.364 e. The Morgan fingerprint density at radius 1 is 1.06 bits per heavy atom. The maximum Gasteiger partial charge on any atom is 0.256 e. The topological polar surface area (TPSA) is 93.8 Å². The number of amides is 1. The molecule has 3 aromatic heterocycles. The van der Waals surface area contributed by atoms with Crippen LogP contribution in [0.3, 0.4) is 0 Å². The highest BCUT2D eigenvalue weighted by Crippen LogP contribution is 2.26. The Bertz CT molecular complexity index is 1220. The van der Waals surface area contributed by atoms with Crippen LogP contribution in [-0.4, -0.2) is 59.0 Å². The molecule has 158 valence electrons. The molecular weight excluding hydrogens is 392 g/mol. The normalized spacial score (nSPS) is 19.0. The van der Waals surface area contributed by atoms with Crippen molar-refractivity contribution >= 4 is 22.8 Å². The van der Waals surface area contributed by atoms with E-state index in [0.717, 1.165) is 29.7 Å². The molecule has 0 radical (unpaired) electrons. The maximum atomic E-state index is 13.5. The van der Waals surface area contributed by atoms with E-state index in [1.54, 1.807) is 24.9 Å². The first kappa shape index (κ1) is 19.2. The lowest BCUT2D eigenvalue weighted by Gasteiger charge is -2.38. The van der Waals surface area contributed by atoms with Crippen LogP contribution in [0.25, 0.3) is 16.7 Å². The van der Waals surface area contributed by atoms with E-state index in [4.69, 9.17) is 0 Å².